The molecule has 1 aromatic heterocycles. The largest absolute Gasteiger partial charge is 0.316 e. The Morgan fingerprint density at radius 3 is 2.83 bits per heavy atom. The van der Waals surface area contributed by atoms with Crippen LogP contribution in [-0.4, -0.2) is 10.5 Å². The van der Waals surface area contributed by atoms with E-state index in [2.05, 4.69) is 41.6 Å². The van der Waals surface area contributed by atoms with Gasteiger partial charge in [0.05, 0.1) is 10.2 Å². The van der Waals surface area contributed by atoms with E-state index in [9.17, 15) is 4.79 Å². The van der Waals surface area contributed by atoms with Crippen LogP contribution in [0.4, 0.5) is 0 Å². The maximum atomic E-state index is 12.4. The number of amides is 1. The van der Waals surface area contributed by atoms with Crippen LogP contribution in [0.1, 0.15) is 29.3 Å². The molecule has 0 bridgehead atoms. The second-order valence-electron chi connectivity index (χ2n) is 5.43. The van der Waals surface area contributed by atoms with Gasteiger partial charge in [-0.1, -0.05) is 42.0 Å². The Bertz CT molecular complexity index is 940. The number of aryl methyl sites for hydroxylation is 2. The third-order valence-electron chi connectivity index (χ3n) is 3.55. The molecule has 0 saturated heterocycles. The first-order valence-electron chi connectivity index (χ1n) is 7.53. The Morgan fingerprint density at radius 1 is 1.26 bits per heavy atom. The highest BCUT2D eigenvalue weighted by molar-refractivity contribution is 7.16. The van der Waals surface area contributed by atoms with Crippen LogP contribution in [-0.2, 0) is 6.54 Å². The first-order valence-corrected chi connectivity index (χ1v) is 8.72. The molecule has 0 aliphatic heterocycles. The number of carbonyl (C=O) groups is 1. The molecule has 2 aromatic carbocycles. The van der Waals surface area contributed by atoms with E-state index in [-0.39, 0.29) is 5.91 Å². The minimum Gasteiger partial charge on any atom is -0.316 e. The average molecular weight is 345 g/mol. The number of fused-ring (bicyclic) bond motifs is 1. The van der Waals surface area contributed by atoms with Crippen LogP contribution in [0.3, 0.4) is 0 Å². The Morgan fingerprint density at radius 2 is 2.09 bits per heavy atom. The summed E-state index contributed by atoms with van der Waals surface area (Å²) >= 11 is 7.51. The smallest absolute Gasteiger partial charge is 0.279 e. The van der Waals surface area contributed by atoms with Crippen molar-refractivity contribution >= 4 is 39.1 Å². The lowest BCUT2D eigenvalue weighted by Gasteiger charge is -2.03. The van der Waals surface area contributed by atoms with Crippen LogP contribution < -0.4 is 4.80 Å². The fourth-order valence-electron chi connectivity index (χ4n) is 2.48. The normalized spacial score (nSPS) is 12.0. The minimum atomic E-state index is -0.263. The molecule has 0 aliphatic carbocycles. The van der Waals surface area contributed by atoms with E-state index in [0.717, 1.165) is 28.0 Å². The number of aromatic nitrogens is 1. The maximum Gasteiger partial charge on any atom is 0.279 e. The number of benzene rings is 2. The fraction of sp³-hybridized carbons (Fsp3) is 0.222. The molecule has 0 N–H and O–H groups in total. The number of carbonyl (C=O) groups excluding carboxylic acids is 1. The number of thiazole rings is 1. The van der Waals surface area contributed by atoms with E-state index < -0.39 is 0 Å². The van der Waals surface area contributed by atoms with Crippen LogP contribution in [0.2, 0.25) is 5.02 Å². The van der Waals surface area contributed by atoms with E-state index in [0.29, 0.717) is 10.6 Å². The van der Waals surface area contributed by atoms with Gasteiger partial charge < -0.3 is 4.57 Å². The van der Waals surface area contributed by atoms with Crippen molar-refractivity contribution in [2.45, 2.75) is 26.8 Å². The van der Waals surface area contributed by atoms with Crippen molar-refractivity contribution in [2.75, 3.05) is 0 Å². The molecule has 3 aromatic rings. The lowest BCUT2D eigenvalue weighted by atomic mass is 10.2. The average Bonchev–Trinajstić information content (AvgIpc) is 2.84. The van der Waals surface area contributed by atoms with E-state index in [1.54, 1.807) is 35.6 Å². The van der Waals surface area contributed by atoms with Crippen molar-refractivity contribution in [3.05, 3.63) is 63.4 Å². The van der Waals surface area contributed by atoms with Crippen molar-refractivity contribution in [3.63, 3.8) is 0 Å². The lowest BCUT2D eigenvalue weighted by Crippen LogP contribution is -2.16. The third-order valence-corrected chi connectivity index (χ3v) is 4.83. The zero-order valence-corrected chi connectivity index (χ0v) is 14.6. The summed E-state index contributed by atoms with van der Waals surface area (Å²) in [6, 6.07) is 13.2. The first-order chi connectivity index (χ1) is 11.1. The van der Waals surface area contributed by atoms with Crippen LogP contribution in [0.5, 0.6) is 0 Å². The van der Waals surface area contributed by atoms with Crippen LogP contribution in [0.15, 0.2) is 47.5 Å². The van der Waals surface area contributed by atoms with Crippen molar-refractivity contribution in [3.8, 4) is 0 Å². The molecule has 0 atom stereocenters. The van der Waals surface area contributed by atoms with E-state index >= 15 is 0 Å². The molecule has 0 radical (unpaired) electrons. The van der Waals surface area contributed by atoms with E-state index in [1.165, 1.54) is 5.56 Å². The maximum absolute atomic E-state index is 12.4. The van der Waals surface area contributed by atoms with E-state index in [1.807, 2.05) is 0 Å². The second-order valence-corrected chi connectivity index (χ2v) is 6.88. The molecule has 118 valence electrons. The Kier molecular flexibility index (Phi) is 4.64. The highest BCUT2D eigenvalue weighted by Crippen LogP contribution is 2.19. The Balaban J connectivity index is 2.14. The summed E-state index contributed by atoms with van der Waals surface area (Å²) in [4.78, 5) is 17.5. The van der Waals surface area contributed by atoms with Crippen molar-refractivity contribution in [2.24, 2.45) is 4.99 Å². The van der Waals surface area contributed by atoms with Crippen molar-refractivity contribution in [1.29, 1.82) is 0 Å². The molecule has 5 heteroatoms. The van der Waals surface area contributed by atoms with Gasteiger partial charge in [0.25, 0.3) is 5.91 Å². The summed E-state index contributed by atoms with van der Waals surface area (Å²) < 4.78 is 3.26. The number of halogens is 1. The van der Waals surface area contributed by atoms with Gasteiger partial charge in [-0.05, 0) is 49.2 Å². The van der Waals surface area contributed by atoms with Gasteiger partial charge in [0.1, 0.15) is 0 Å². The highest BCUT2D eigenvalue weighted by Gasteiger charge is 2.09. The Labute approximate surface area is 143 Å². The van der Waals surface area contributed by atoms with Gasteiger partial charge in [0, 0.05) is 17.1 Å². The van der Waals surface area contributed by atoms with Gasteiger partial charge in [0.15, 0.2) is 4.80 Å². The molecule has 0 spiro atoms. The molecule has 0 saturated carbocycles. The van der Waals surface area contributed by atoms with Crippen molar-refractivity contribution in [1.82, 2.24) is 4.57 Å². The number of hydrogen-bond acceptors (Lipinski definition) is 2. The van der Waals surface area contributed by atoms with Gasteiger partial charge in [0.2, 0.25) is 0 Å². The molecule has 3 nitrogen and oxygen atoms in total. The summed E-state index contributed by atoms with van der Waals surface area (Å²) in [5, 5.41) is 0.541. The summed E-state index contributed by atoms with van der Waals surface area (Å²) in [7, 11) is 0. The fourth-order valence-corrected chi connectivity index (χ4v) is 3.82. The SMILES string of the molecule is CCCn1c(=NC(=O)c2cccc(Cl)c2)sc2cc(C)ccc21. The predicted molar refractivity (Wildman–Crippen MR) is 96.2 cm³/mol. The van der Waals surface area contributed by atoms with Crippen LogP contribution >= 0.6 is 22.9 Å². The van der Waals surface area contributed by atoms with Gasteiger partial charge in [-0.15, -0.1) is 0 Å². The molecule has 0 aliphatic rings. The molecule has 0 unspecified atom stereocenters. The monoisotopic (exact) mass is 344 g/mol. The molecular weight excluding hydrogens is 328 g/mol. The number of nitrogens with zero attached hydrogens (tertiary/aromatic N) is 2. The zero-order valence-electron chi connectivity index (χ0n) is 13.0. The first kappa shape index (κ1) is 16.0. The van der Waals surface area contributed by atoms with Gasteiger partial charge >= 0.3 is 0 Å². The lowest BCUT2D eigenvalue weighted by molar-refractivity contribution is 0.0998. The predicted octanol–water partition coefficient (Wildman–Crippen LogP) is 4.82. The summed E-state index contributed by atoms with van der Waals surface area (Å²) in [6.45, 7) is 5.02. The standard InChI is InChI=1S/C18H17ClN2OS/c1-3-9-21-15-8-7-12(2)10-16(15)23-18(21)20-17(22)13-5-4-6-14(19)11-13/h4-8,10-11H,3,9H2,1-2H3. The molecular formula is C18H17ClN2OS. The van der Waals surface area contributed by atoms with Gasteiger partial charge in [-0.2, -0.15) is 4.99 Å². The zero-order chi connectivity index (χ0) is 16.4. The summed E-state index contributed by atoms with van der Waals surface area (Å²) in [6.07, 6.45) is 0.984. The minimum absolute atomic E-state index is 0.263. The molecule has 0 fully saturated rings. The third kappa shape index (κ3) is 3.38. The van der Waals surface area contributed by atoms with Gasteiger partial charge in [-0.25, -0.2) is 0 Å². The topological polar surface area (TPSA) is 34.4 Å². The number of rotatable bonds is 3. The molecule has 1 amide bonds. The summed E-state index contributed by atoms with van der Waals surface area (Å²) in [5.41, 5.74) is 2.84. The van der Waals surface area contributed by atoms with Crippen LogP contribution in [0.25, 0.3) is 10.2 Å². The van der Waals surface area contributed by atoms with Crippen LogP contribution in [0, 0.1) is 6.92 Å². The quantitative estimate of drug-likeness (QED) is 0.671. The highest BCUT2D eigenvalue weighted by atomic mass is 35.5. The number of hydrogen-bond donors (Lipinski definition) is 0. The molecule has 1 heterocycles. The Hall–Kier alpha value is -1.91. The molecule has 23 heavy (non-hydrogen) atoms. The van der Waals surface area contributed by atoms with E-state index in [4.69, 9.17) is 11.6 Å². The summed E-state index contributed by atoms with van der Waals surface area (Å²) in [5.74, 6) is -0.263. The van der Waals surface area contributed by atoms with Gasteiger partial charge in [-0.3, -0.25) is 4.79 Å². The van der Waals surface area contributed by atoms with Crippen molar-refractivity contribution < 1.29 is 4.79 Å². The second kappa shape index (κ2) is 6.69. The molecule has 3 rings (SSSR count).